The summed E-state index contributed by atoms with van der Waals surface area (Å²) < 4.78 is 68.8. The molecule has 102 heavy (non-hydrogen) atoms. The van der Waals surface area contributed by atoms with Gasteiger partial charge in [0.2, 0.25) is 0 Å². The molecule has 606 valence electrons. The van der Waals surface area contributed by atoms with Crippen LogP contribution in [0.5, 0.6) is 0 Å². The standard InChI is InChI=1S/C83H162O17P2/c1-7-9-11-13-15-17-19-21-23-25-26-27-29-31-33-37-41-49-55-61-67-82(87)99-78(71-93-80(85)65-59-53-47-40-36-32-30-28-24-22-20-18-16-14-12-10-8-2)73-97-101(89,90)95-69-77(84)70-96-102(91,92)98-74-79(72-94-81(86)66-60-54-48-44-43-46-52-58-64-76(5)6)100-83(88)68-62-56-50-42-38-34-35-39-45-51-57-63-75(3)4/h75-79,84H,7-74H2,1-6H3,(H,89,90)(H,91,92)/t77-,78-,79-/m1/s1. The fraction of sp³-hybridized carbons (Fsp3) is 0.952. The molecule has 0 heterocycles. The van der Waals surface area contributed by atoms with Crippen molar-refractivity contribution in [3.63, 3.8) is 0 Å². The highest BCUT2D eigenvalue weighted by Crippen LogP contribution is 2.45. The second-order valence-electron chi connectivity index (χ2n) is 30.8. The smallest absolute Gasteiger partial charge is 0.462 e. The molecule has 19 heteroatoms. The number of unbranched alkanes of at least 4 members (excludes halogenated alkanes) is 52. The Balaban J connectivity index is 5.24. The van der Waals surface area contributed by atoms with Crippen molar-refractivity contribution >= 4 is 39.5 Å². The van der Waals surface area contributed by atoms with Crippen LogP contribution in [0.15, 0.2) is 0 Å². The number of aliphatic hydroxyl groups is 1. The lowest BCUT2D eigenvalue weighted by molar-refractivity contribution is -0.161. The van der Waals surface area contributed by atoms with Crippen LogP contribution in [0.3, 0.4) is 0 Å². The van der Waals surface area contributed by atoms with Gasteiger partial charge in [0.15, 0.2) is 12.2 Å². The van der Waals surface area contributed by atoms with Gasteiger partial charge >= 0.3 is 39.5 Å². The highest BCUT2D eigenvalue weighted by molar-refractivity contribution is 7.47. The number of hydrogen-bond acceptors (Lipinski definition) is 15. The zero-order valence-corrected chi connectivity index (χ0v) is 68.7. The predicted octanol–water partition coefficient (Wildman–Crippen LogP) is 25.1. The van der Waals surface area contributed by atoms with E-state index in [1.165, 1.54) is 257 Å². The molecule has 2 unspecified atom stereocenters. The number of ether oxygens (including phenoxy) is 4. The molecule has 0 aliphatic carbocycles. The SMILES string of the molecule is CCCCCCCCCCCCCCCCCCCCCCC(=O)O[C@H](COC(=O)CCCCCCCCCCCCCCCCCCC)COP(=O)(O)OC[C@@H](O)COP(=O)(O)OC[C@@H](COC(=O)CCCCCCCCCCC(C)C)OC(=O)CCCCCCCCCCCCCC(C)C. The summed E-state index contributed by atoms with van der Waals surface area (Å²) in [6.07, 6.45) is 65.3. The van der Waals surface area contributed by atoms with Crippen molar-refractivity contribution in [1.82, 2.24) is 0 Å². The molecule has 0 rings (SSSR count). The van der Waals surface area contributed by atoms with Crippen LogP contribution in [0.25, 0.3) is 0 Å². The monoisotopic (exact) mass is 1490 g/mol. The average Bonchev–Trinajstić information content (AvgIpc) is 0.907. The third-order valence-corrected chi connectivity index (χ3v) is 21.4. The zero-order chi connectivity index (χ0) is 74.9. The second kappa shape index (κ2) is 74.5. The van der Waals surface area contributed by atoms with Crippen molar-refractivity contribution in [2.24, 2.45) is 11.8 Å². The van der Waals surface area contributed by atoms with Crippen LogP contribution in [-0.2, 0) is 65.4 Å². The van der Waals surface area contributed by atoms with Crippen molar-refractivity contribution in [1.29, 1.82) is 0 Å². The number of hydrogen-bond donors (Lipinski definition) is 3. The molecular formula is C83H162O17P2. The molecule has 0 aromatic carbocycles. The number of carbonyl (C=O) groups is 4. The first-order chi connectivity index (χ1) is 49.4. The minimum atomic E-state index is -4.96. The maximum atomic E-state index is 13.1. The Bertz CT molecular complexity index is 1960. The molecule has 3 N–H and O–H groups in total. The van der Waals surface area contributed by atoms with E-state index in [9.17, 15) is 43.2 Å². The summed E-state index contributed by atoms with van der Waals surface area (Å²) in [6, 6.07) is 0. The molecule has 0 saturated carbocycles. The number of phosphoric acid groups is 2. The van der Waals surface area contributed by atoms with Crippen LogP contribution in [-0.4, -0.2) is 96.7 Å². The summed E-state index contributed by atoms with van der Waals surface area (Å²) in [5.74, 6) is -0.615. The maximum Gasteiger partial charge on any atom is 0.472 e. The molecule has 0 bridgehead atoms. The van der Waals surface area contributed by atoms with E-state index in [1.54, 1.807) is 0 Å². The van der Waals surface area contributed by atoms with Crippen molar-refractivity contribution < 1.29 is 80.2 Å². The van der Waals surface area contributed by atoms with E-state index < -0.39 is 97.5 Å². The van der Waals surface area contributed by atoms with E-state index in [0.717, 1.165) is 102 Å². The van der Waals surface area contributed by atoms with Gasteiger partial charge in [-0.3, -0.25) is 37.3 Å². The van der Waals surface area contributed by atoms with Crippen molar-refractivity contribution in [3.8, 4) is 0 Å². The fourth-order valence-corrected chi connectivity index (χ4v) is 14.5. The third-order valence-electron chi connectivity index (χ3n) is 19.5. The van der Waals surface area contributed by atoms with Crippen molar-refractivity contribution in [2.45, 2.75) is 458 Å². The van der Waals surface area contributed by atoms with Crippen LogP contribution in [0.1, 0.15) is 440 Å². The first-order valence-electron chi connectivity index (χ1n) is 43.0. The van der Waals surface area contributed by atoms with E-state index in [2.05, 4.69) is 41.5 Å². The Morgan fingerprint density at radius 2 is 0.451 bits per heavy atom. The summed E-state index contributed by atoms with van der Waals surface area (Å²) in [6.45, 7) is 9.62. The highest BCUT2D eigenvalue weighted by Gasteiger charge is 2.30. The molecule has 0 amide bonds. The normalized spacial score (nSPS) is 13.9. The molecule has 17 nitrogen and oxygen atoms in total. The lowest BCUT2D eigenvalue weighted by Crippen LogP contribution is -2.30. The van der Waals surface area contributed by atoms with E-state index in [0.29, 0.717) is 25.7 Å². The Morgan fingerprint density at radius 3 is 0.667 bits per heavy atom. The van der Waals surface area contributed by atoms with Gasteiger partial charge < -0.3 is 33.8 Å². The largest absolute Gasteiger partial charge is 0.472 e. The fourth-order valence-electron chi connectivity index (χ4n) is 12.9. The van der Waals surface area contributed by atoms with E-state index in [-0.39, 0.29) is 25.7 Å². The minimum absolute atomic E-state index is 0.106. The topological polar surface area (TPSA) is 237 Å². The number of carbonyl (C=O) groups excluding carboxylic acids is 4. The second-order valence-corrected chi connectivity index (χ2v) is 33.7. The zero-order valence-electron chi connectivity index (χ0n) is 66.9. The van der Waals surface area contributed by atoms with Crippen LogP contribution in [0.4, 0.5) is 0 Å². The first kappa shape index (κ1) is 100. The maximum absolute atomic E-state index is 13.1. The molecule has 0 spiro atoms. The van der Waals surface area contributed by atoms with Crippen LogP contribution in [0.2, 0.25) is 0 Å². The summed E-state index contributed by atoms with van der Waals surface area (Å²) >= 11 is 0. The van der Waals surface area contributed by atoms with E-state index in [1.807, 2.05) is 0 Å². The molecule has 0 aromatic rings. The van der Waals surface area contributed by atoms with Gasteiger partial charge in [-0.2, -0.15) is 0 Å². The minimum Gasteiger partial charge on any atom is -0.462 e. The van der Waals surface area contributed by atoms with Gasteiger partial charge in [0.1, 0.15) is 19.3 Å². The van der Waals surface area contributed by atoms with E-state index in [4.69, 9.17) is 37.0 Å². The lowest BCUT2D eigenvalue weighted by Gasteiger charge is -2.21. The van der Waals surface area contributed by atoms with Gasteiger partial charge in [-0.1, -0.05) is 388 Å². The van der Waals surface area contributed by atoms with Gasteiger partial charge in [0.25, 0.3) is 0 Å². The predicted molar refractivity (Wildman–Crippen MR) is 418 cm³/mol. The average molecular weight is 1490 g/mol. The van der Waals surface area contributed by atoms with Gasteiger partial charge in [-0.25, -0.2) is 9.13 Å². The lowest BCUT2D eigenvalue weighted by atomic mass is 10.0. The molecule has 0 aliphatic rings. The summed E-state index contributed by atoms with van der Waals surface area (Å²) in [5, 5.41) is 10.7. The van der Waals surface area contributed by atoms with Crippen molar-refractivity contribution in [2.75, 3.05) is 39.6 Å². The van der Waals surface area contributed by atoms with E-state index >= 15 is 0 Å². The van der Waals surface area contributed by atoms with Crippen LogP contribution < -0.4 is 0 Å². The van der Waals surface area contributed by atoms with Gasteiger partial charge in [-0.15, -0.1) is 0 Å². The number of esters is 4. The quantitative estimate of drug-likeness (QED) is 0.0222. The molecular weight excluding hydrogens is 1330 g/mol. The Morgan fingerprint density at radius 1 is 0.265 bits per heavy atom. The van der Waals surface area contributed by atoms with Gasteiger partial charge in [0.05, 0.1) is 26.4 Å². The highest BCUT2D eigenvalue weighted by atomic mass is 31.2. The van der Waals surface area contributed by atoms with Crippen molar-refractivity contribution in [3.05, 3.63) is 0 Å². The molecule has 0 aromatic heterocycles. The number of phosphoric ester groups is 2. The van der Waals surface area contributed by atoms with Crippen LogP contribution >= 0.6 is 15.6 Å². The summed E-state index contributed by atoms with van der Waals surface area (Å²) in [5.41, 5.74) is 0. The Hall–Kier alpha value is -1.94. The summed E-state index contributed by atoms with van der Waals surface area (Å²) in [4.78, 5) is 73.1. The molecule has 0 fully saturated rings. The molecule has 0 aliphatic heterocycles. The Labute approximate surface area is 626 Å². The summed E-state index contributed by atoms with van der Waals surface area (Å²) in [7, 11) is -9.92. The number of aliphatic hydroxyl groups excluding tert-OH is 1. The van der Waals surface area contributed by atoms with Gasteiger partial charge in [0, 0.05) is 25.7 Å². The molecule has 5 atom stereocenters. The third kappa shape index (κ3) is 76.3. The number of rotatable bonds is 82. The first-order valence-corrected chi connectivity index (χ1v) is 46.0. The van der Waals surface area contributed by atoms with Gasteiger partial charge in [-0.05, 0) is 37.5 Å². The molecule has 0 radical (unpaired) electrons. The molecule has 0 saturated heterocycles. The Kier molecular flexibility index (Phi) is 73.1. The van der Waals surface area contributed by atoms with Crippen LogP contribution in [0, 0.1) is 11.8 Å².